The molecule has 1 aliphatic rings. The van der Waals surface area contributed by atoms with Crippen LogP contribution < -0.4 is 9.80 Å². The molecule has 116 valence electrons. The molecule has 1 N–H and O–H groups in total. The Morgan fingerprint density at radius 3 is 1.86 bits per heavy atom. The Labute approximate surface area is 131 Å². The zero-order chi connectivity index (χ0) is 15.9. The van der Waals surface area contributed by atoms with Gasteiger partial charge in [0.05, 0.1) is 41.8 Å². The number of benzene rings is 2. The van der Waals surface area contributed by atoms with Gasteiger partial charge in [-0.05, 0) is 31.2 Å². The van der Waals surface area contributed by atoms with E-state index < -0.39 is 9.84 Å². The average molecular weight is 317 g/mol. The Kier molecular flexibility index (Phi) is 3.70. The van der Waals surface area contributed by atoms with Gasteiger partial charge in [-0.2, -0.15) is 0 Å². The van der Waals surface area contributed by atoms with E-state index in [9.17, 15) is 8.42 Å². The van der Waals surface area contributed by atoms with Gasteiger partial charge in [0.2, 0.25) is 9.84 Å². The second-order valence-corrected chi connectivity index (χ2v) is 7.91. The highest BCUT2D eigenvalue weighted by Gasteiger charge is 2.34. The van der Waals surface area contributed by atoms with Crippen LogP contribution in [0, 0.1) is 0 Å². The topological polar surface area (TPSA) is 41.8 Å². The van der Waals surface area contributed by atoms with E-state index in [0.717, 1.165) is 17.9 Å². The van der Waals surface area contributed by atoms with Gasteiger partial charge in [-0.3, -0.25) is 0 Å². The third-order valence-corrected chi connectivity index (χ3v) is 6.18. The molecule has 5 heteroatoms. The number of nitrogens with one attached hydrogen (secondary N) is 1. The van der Waals surface area contributed by atoms with E-state index in [1.54, 1.807) is 24.3 Å². The van der Waals surface area contributed by atoms with Crippen LogP contribution in [0.4, 0.5) is 11.4 Å². The zero-order valence-electron chi connectivity index (χ0n) is 13.1. The molecule has 0 aromatic heterocycles. The lowest BCUT2D eigenvalue weighted by Crippen LogP contribution is -3.10. The molecule has 0 fully saturated rings. The SMILES string of the molecule is C[C@@H](CN1c2ccccc2S(=O)(=O)c2ccccc21)[NH+](C)C. The number of rotatable bonds is 3. The van der Waals surface area contributed by atoms with E-state index in [2.05, 4.69) is 25.9 Å². The molecule has 3 rings (SSSR count). The van der Waals surface area contributed by atoms with Crippen molar-refractivity contribution < 1.29 is 13.3 Å². The molecule has 0 saturated carbocycles. The second-order valence-electron chi connectivity index (χ2n) is 6.03. The van der Waals surface area contributed by atoms with Gasteiger partial charge in [-0.25, -0.2) is 8.42 Å². The maximum absolute atomic E-state index is 12.8. The quantitative estimate of drug-likeness (QED) is 0.933. The maximum atomic E-state index is 12.8. The Balaban J connectivity index is 2.20. The molecule has 0 aliphatic carbocycles. The Morgan fingerprint density at radius 1 is 0.955 bits per heavy atom. The van der Waals surface area contributed by atoms with Crippen LogP contribution in [-0.4, -0.2) is 35.1 Å². The molecule has 1 heterocycles. The third-order valence-electron chi connectivity index (χ3n) is 4.33. The minimum Gasteiger partial charge on any atom is -0.336 e. The van der Waals surface area contributed by atoms with E-state index in [1.807, 2.05) is 24.3 Å². The molecular formula is C17H21N2O2S+. The number of quaternary nitrogens is 1. The van der Waals surface area contributed by atoms with E-state index in [1.165, 1.54) is 4.90 Å². The fourth-order valence-electron chi connectivity index (χ4n) is 2.72. The highest BCUT2D eigenvalue weighted by molar-refractivity contribution is 7.92. The van der Waals surface area contributed by atoms with Crippen molar-refractivity contribution in [3.8, 4) is 0 Å². The molecule has 0 radical (unpaired) electrons. The van der Waals surface area contributed by atoms with Crippen molar-refractivity contribution in [3.63, 3.8) is 0 Å². The van der Waals surface area contributed by atoms with Gasteiger partial charge in [-0.1, -0.05) is 24.3 Å². The van der Waals surface area contributed by atoms with Gasteiger partial charge in [0.15, 0.2) is 0 Å². The van der Waals surface area contributed by atoms with Crippen molar-refractivity contribution in [2.24, 2.45) is 0 Å². The number of likely N-dealkylation sites (N-methyl/N-ethyl adjacent to an activating group) is 1. The van der Waals surface area contributed by atoms with Gasteiger partial charge < -0.3 is 9.80 Å². The molecule has 1 atom stereocenters. The molecule has 4 nitrogen and oxygen atoms in total. The van der Waals surface area contributed by atoms with E-state index in [-0.39, 0.29) is 0 Å². The summed E-state index contributed by atoms with van der Waals surface area (Å²) in [5, 5.41) is 0. The summed E-state index contributed by atoms with van der Waals surface area (Å²) in [6.45, 7) is 2.94. The molecule has 0 amide bonds. The van der Waals surface area contributed by atoms with E-state index in [4.69, 9.17) is 0 Å². The van der Waals surface area contributed by atoms with Gasteiger partial charge in [-0.15, -0.1) is 0 Å². The second kappa shape index (κ2) is 5.41. The number of para-hydroxylation sites is 2. The predicted octanol–water partition coefficient (Wildman–Crippen LogP) is 1.50. The monoisotopic (exact) mass is 317 g/mol. The minimum absolute atomic E-state index is 0.377. The summed E-state index contributed by atoms with van der Waals surface area (Å²) in [6.07, 6.45) is 0. The van der Waals surface area contributed by atoms with Crippen LogP contribution in [0.1, 0.15) is 6.92 Å². The number of fused-ring (bicyclic) bond motifs is 2. The summed E-state index contributed by atoms with van der Waals surface area (Å²) in [7, 11) is 0.790. The summed E-state index contributed by atoms with van der Waals surface area (Å²) in [6, 6.07) is 14.9. The molecule has 2 aromatic carbocycles. The smallest absolute Gasteiger partial charge is 0.210 e. The molecule has 1 aliphatic heterocycles. The fourth-order valence-corrected chi connectivity index (χ4v) is 4.38. The van der Waals surface area contributed by atoms with Crippen molar-refractivity contribution in [3.05, 3.63) is 48.5 Å². The molecule has 0 unspecified atom stereocenters. The highest BCUT2D eigenvalue weighted by Crippen LogP contribution is 2.43. The first-order valence-electron chi connectivity index (χ1n) is 7.43. The minimum atomic E-state index is -3.44. The van der Waals surface area contributed by atoms with Crippen molar-refractivity contribution in [1.29, 1.82) is 0 Å². The van der Waals surface area contributed by atoms with Gasteiger partial charge in [0.1, 0.15) is 6.04 Å². The summed E-state index contributed by atoms with van der Waals surface area (Å²) < 4.78 is 25.7. The van der Waals surface area contributed by atoms with Crippen molar-refractivity contribution in [2.45, 2.75) is 22.8 Å². The first-order chi connectivity index (χ1) is 10.4. The van der Waals surface area contributed by atoms with Crippen molar-refractivity contribution >= 4 is 21.2 Å². The normalized spacial score (nSPS) is 17.0. The standard InChI is InChI=1S/C17H20N2O2S/c1-13(18(2)3)12-19-14-8-4-6-10-16(14)22(20,21)17-11-7-5-9-15(17)19/h4-11,13H,12H2,1-3H3/p+1/t13-/m0/s1. The molecular weight excluding hydrogens is 296 g/mol. The van der Waals surface area contributed by atoms with Crippen LogP contribution in [0.5, 0.6) is 0 Å². The number of hydrogen-bond donors (Lipinski definition) is 1. The largest absolute Gasteiger partial charge is 0.336 e. The Morgan fingerprint density at radius 2 is 1.41 bits per heavy atom. The molecule has 0 saturated heterocycles. The zero-order valence-corrected chi connectivity index (χ0v) is 13.9. The molecule has 0 bridgehead atoms. The van der Waals surface area contributed by atoms with Gasteiger partial charge in [0, 0.05) is 0 Å². The molecule has 2 aromatic rings. The lowest BCUT2D eigenvalue weighted by Gasteiger charge is -2.34. The average Bonchev–Trinajstić information content (AvgIpc) is 2.51. The summed E-state index contributed by atoms with van der Waals surface area (Å²) >= 11 is 0. The summed E-state index contributed by atoms with van der Waals surface area (Å²) in [4.78, 5) is 4.26. The van der Waals surface area contributed by atoms with Crippen LogP contribution >= 0.6 is 0 Å². The Hall–Kier alpha value is -1.85. The van der Waals surface area contributed by atoms with Crippen molar-refractivity contribution in [2.75, 3.05) is 25.5 Å². The number of nitrogens with zero attached hydrogens (tertiary/aromatic N) is 1. The fraction of sp³-hybridized carbons (Fsp3) is 0.294. The van der Waals surface area contributed by atoms with Crippen LogP contribution in [0.2, 0.25) is 0 Å². The van der Waals surface area contributed by atoms with Crippen LogP contribution in [0.3, 0.4) is 0 Å². The Bertz CT molecular complexity index is 746. The predicted molar refractivity (Wildman–Crippen MR) is 87.6 cm³/mol. The third kappa shape index (κ3) is 2.30. The lowest BCUT2D eigenvalue weighted by atomic mass is 10.2. The number of sulfone groups is 1. The van der Waals surface area contributed by atoms with Gasteiger partial charge >= 0.3 is 0 Å². The van der Waals surface area contributed by atoms with Crippen LogP contribution in [-0.2, 0) is 9.84 Å². The molecule has 22 heavy (non-hydrogen) atoms. The highest BCUT2D eigenvalue weighted by atomic mass is 32.2. The van der Waals surface area contributed by atoms with Crippen molar-refractivity contribution in [1.82, 2.24) is 0 Å². The number of hydrogen-bond acceptors (Lipinski definition) is 3. The van der Waals surface area contributed by atoms with E-state index >= 15 is 0 Å². The number of anilines is 2. The molecule has 0 spiro atoms. The summed E-state index contributed by atoms with van der Waals surface area (Å²) in [5.41, 5.74) is 1.55. The van der Waals surface area contributed by atoms with Crippen LogP contribution in [0.15, 0.2) is 58.3 Å². The van der Waals surface area contributed by atoms with Crippen LogP contribution in [0.25, 0.3) is 0 Å². The van der Waals surface area contributed by atoms with E-state index in [0.29, 0.717) is 15.8 Å². The lowest BCUT2D eigenvalue weighted by molar-refractivity contribution is -0.881. The first kappa shape index (κ1) is 15.1. The first-order valence-corrected chi connectivity index (χ1v) is 8.92. The van der Waals surface area contributed by atoms with Gasteiger partial charge in [0.25, 0.3) is 0 Å². The summed E-state index contributed by atoms with van der Waals surface area (Å²) in [5.74, 6) is 0. The maximum Gasteiger partial charge on any atom is 0.210 e.